The first-order chi connectivity index (χ1) is 14.9. The number of anilines is 1. The van der Waals surface area contributed by atoms with Crippen molar-refractivity contribution in [3.05, 3.63) is 105 Å². The lowest BCUT2D eigenvalue weighted by molar-refractivity contribution is -0.116. The first kappa shape index (κ1) is 20.4. The molecule has 1 amide bonds. The summed E-state index contributed by atoms with van der Waals surface area (Å²) in [6.07, 6.45) is 4.16. The van der Waals surface area contributed by atoms with Crippen LogP contribution in [0.5, 0.6) is 0 Å². The number of fused-ring (bicyclic) bond motifs is 1. The first-order valence-electron chi connectivity index (χ1n) is 9.26. The Balaban J connectivity index is 1.78. The number of nitrogens with zero attached hydrogens (tertiary/aromatic N) is 2. The molecule has 2 aromatic heterocycles. The zero-order valence-electron chi connectivity index (χ0n) is 16.0. The van der Waals surface area contributed by atoms with Gasteiger partial charge in [0.1, 0.15) is 12.4 Å². The van der Waals surface area contributed by atoms with Gasteiger partial charge in [-0.3, -0.25) is 19.4 Å². The molecule has 6 nitrogen and oxygen atoms in total. The van der Waals surface area contributed by atoms with Crippen molar-refractivity contribution in [2.45, 2.75) is 6.54 Å². The molecular formula is C23H15ClFN3O3. The monoisotopic (exact) mass is 435 g/mol. The lowest BCUT2D eigenvalue weighted by Gasteiger charge is -2.14. The molecule has 0 unspecified atom stereocenters. The van der Waals surface area contributed by atoms with Crippen LogP contribution in [0, 0.1) is 5.82 Å². The number of ketones is 1. The Hall–Kier alpha value is -3.84. The fourth-order valence-corrected chi connectivity index (χ4v) is 3.40. The van der Waals surface area contributed by atoms with Crippen LogP contribution in [0.1, 0.15) is 15.9 Å². The van der Waals surface area contributed by atoms with E-state index in [1.165, 1.54) is 41.4 Å². The van der Waals surface area contributed by atoms with Gasteiger partial charge in [0.05, 0.1) is 21.8 Å². The van der Waals surface area contributed by atoms with Crippen LogP contribution in [-0.2, 0) is 11.3 Å². The highest BCUT2D eigenvalue weighted by Gasteiger charge is 2.19. The number of carbonyl (C=O) groups excluding carboxylic acids is 2. The maximum absolute atomic E-state index is 13.9. The molecule has 0 saturated carbocycles. The van der Waals surface area contributed by atoms with E-state index in [0.717, 1.165) is 12.1 Å². The Bertz CT molecular complexity index is 1370. The van der Waals surface area contributed by atoms with Crippen molar-refractivity contribution in [2.75, 3.05) is 5.32 Å². The maximum atomic E-state index is 13.9. The van der Waals surface area contributed by atoms with Gasteiger partial charge >= 0.3 is 0 Å². The predicted octanol–water partition coefficient (Wildman–Crippen LogP) is 4.06. The van der Waals surface area contributed by atoms with Gasteiger partial charge in [0, 0.05) is 29.5 Å². The minimum Gasteiger partial charge on any atom is -0.337 e. The third kappa shape index (κ3) is 4.22. The molecule has 1 N–H and O–H groups in total. The Kier molecular flexibility index (Phi) is 5.60. The van der Waals surface area contributed by atoms with Crippen molar-refractivity contribution in [1.82, 2.24) is 9.55 Å². The molecule has 31 heavy (non-hydrogen) atoms. The number of hydrogen-bond donors (Lipinski definition) is 1. The van der Waals surface area contributed by atoms with Crippen LogP contribution < -0.4 is 10.7 Å². The lowest BCUT2D eigenvalue weighted by Crippen LogP contribution is -2.24. The van der Waals surface area contributed by atoms with Gasteiger partial charge in [-0.1, -0.05) is 23.7 Å². The number of hydrogen-bond acceptors (Lipinski definition) is 4. The molecule has 0 bridgehead atoms. The number of aromatic nitrogens is 2. The number of rotatable bonds is 5. The van der Waals surface area contributed by atoms with Gasteiger partial charge in [-0.25, -0.2) is 4.39 Å². The van der Waals surface area contributed by atoms with Gasteiger partial charge in [0.15, 0.2) is 5.78 Å². The van der Waals surface area contributed by atoms with Crippen LogP contribution in [0.2, 0.25) is 5.02 Å². The second-order valence-corrected chi connectivity index (χ2v) is 7.16. The molecule has 0 fully saturated rings. The highest BCUT2D eigenvalue weighted by molar-refractivity contribution is 6.33. The molecule has 154 valence electrons. The van der Waals surface area contributed by atoms with E-state index in [9.17, 15) is 18.8 Å². The highest BCUT2D eigenvalue weighted by atomic mass is 35.5. The zero-order valence-corrected chi connectivity index (χ0v) is 16.8. The molecule has 8 heteroatoms. The van der Waals surface area contributed by atoms with Crippen molar-refractivity contribution >= 4 is 39.9 Å². The molecule has 2 aromatic carbocycles. The Morgan fingerprint density at radius 3 is 2.55 bits per heavy atom. The van der Waals surface area contributed by atoms with Crippen molar-refractivity contribution in [3.8, 4) is 0 Å². The van der Waals surface area contributed by atoms with Gasteiger partial charge < -0.3 is 9.88 Å². The molecule has 0 saturated heterocycles. The molecule has 4 aromatic rings. The van der Waals surface area contributed by atoms with E-state index >= 15 is 0 Å². The molecule has 0 atom stereocenters. The second-order valence-electron chi connectivity index (χ2n) is 6.75. The van der Waals surface area contributed by atoms with Gasteiger partial charge in [0.25, 0.3) is 0 Å². The molecule has 0 aliphatic rings. The van der Waals surface area contributed by atoms with Crippen LogP contribution in [0.4, 0.5) is 10.1 Å². The van der Waals surface area contributed by atoms with Crippen LogP contribution in [0.15, 0.2) is 78.0 Å². The number of amides is 1. The normalized spacial score (nSPS) is 10.8. The van der Waals surface area contributed by atoms with Gasteiger partial charge in [-0.15, -0.1) is 0 Å². The van der Waals surface area contributed by atoms with E-state index in [4.69, 9.17) is 11.6 Å². The maximum Gasteiger partial charge on any atom is 0.244 e. The third-order valence-electron chi connectivity index (χ3n) is 4.69. The summed E-state index contributed by atoms with van der Waals surface area (Å²) in [6.45, 7) is -0.262. The fourth-order valence-electron chi connectivity index (χ4n) is 3.22. The average Bonchev–Trinajstić information content (AvgIpc) is 2.77. The molecule has 2 heterocycles. The van der Waals surface area contributed by atoms with Gasteiger partial charge in [0.2, 0.25) is 11.3 Å². The van der Waals surface area contributed by atoms with E-state index in [1.54, 1.807) is 24.3 Å². The Labute approximate surface area is 180 Å². The van der Waals surface area contributed by atoms with Crippen LogP contribution >= 0.6 is 11.6 Å². The standard InChI is InChI=1S/C23H15ClFN3O3/c24-18-3-1-2-4-19(18)27-21(29)13-28-12-17(22(30)14-7-9-26-10-8-14)23(31)16-6-5-15(25)11-20(16)28/h1-12H,13H2,(H,27,29). The summed E-state index contributed by atoms with van der Waals surface area (Å²) in [5, 5.41) is 3.17. The van der Waals surface area contributed by atoms with Crippen LogP contribution in [-0.4, -0.2) is 21.2 Å². The minimum absolute atomic E-state index is 0.129. The predicted molar refractivity (Wildman–Crippen MR) is 116 cm³/mol. The number of para-hydroxylation sites is 1. The smallest absolute Gasteiger partial charge is 0.244 e. The molecule has 0 aliphatic heterocycles. The van der Waals surface area contributed by atoms with Crippen LogP contribution in [0.3, 0.4) is 0 Å². The lowest BCUT2D eigenvalue weighted by atomic mass is 10.0. The first-order valence-corrected chi connectivity index (χ1v) is 9.63. The number of pyridine rings is 2. The Morgan fingerprint density at radius 2 is 1.81 bits per heavy atom. The van der Waals surface area contributed by atoms with E-state index in [0.29, 0.717) is 10.7 Å². The Morgan fingerprint density at radius 1 is 1.06 bits per heavy atom. The van der Waals surface area contributed by atoms with Crippen molar-refractivity contribution in [2.24, 2.45) is 0 Å². The molecule has 0 spiro atoms. The average molecular weight is 436 g/mol. The quantitative estimate of drug-likeness (QED) is 0.479. The molecule has 0 radical (unpaired) electrons. The summed E-state index contributed by atoms with van der Waals surface area (Å²) in [5.41, 5.74) is 0.223. The van der Waals surface area contributed by atoms with E-state index in [-0.39, 0.29) is 28.6 Å². The SMILES string of the molecule is O=C(Cn1cc(C(=O)c2ccncc2)c(=O)c2ccc(F)cc21)Nc1ccccc1Cl. The minimum atomic E-state index is -0.569. The summed E-state index contributed by atoms with van der Waals surface area (Å²) in [7, 11) is 0. The number of carbonyl (C=O) groups is 2. The largest absolute Gasteiger partial charge is 0.337 e. The van der Waals surface area contributed by atoms with Crippen molar-refractivity contribution in [1.29, 1.82) is 0 Å². The number of nitrogens with one attached hydrogen (secondary N) is 1. The van der Waals surface area contributed by atoms with Gasteiger partial charge in [-0.2, -0.15) is 0 Å². The van der Waals surface area contributed by atoms with E-state index < -0.39 is 22.9 Å². The molecular weight excluding hydrogens is 421 g/mol. The summed E-state index contributed by atoms with van der Waals surface area (Å²) in [5.74, 6) is -1.54. The highest BCUT2D eigenvalue weighted by Crippen LogP contribution is 2.21. The number of benzene rings is 2. The third-order valence-corrected chi connectivity index (χ3v) is 5.02. The second kappa shape index (κ2) is 8.49. The fraction of sp³-hybridized carbons (Fsp3) is 0.0435. The van der Waals surface area contributed by atoms with E-state index in [2.05, 4.69) is 10.3 Å². The van der Waals surface area contributed by atoms with Gasteiger partial charge in [-0.05, 0) is 42.5 Å². The summed E-state index contributed by atoms with van der Waals surface area (Å²) < 4.78 is 15.3. The van der Waals surface area contributed by atoms with Crippen molar-refractivity contribution in [3.63, 3.8) is 0 Å². The van der Waals surface area contributed by atoms with E-state index in [1.807, 2.05) is 0 Å². The summed E-state index contributed by atoms with van der Waals surface area (Å²) in [4.78, 5) is 42.4. The summed E-state index contributed by atoms with van der Waals surface area (Å²) >= 11 is 6.08. The summed E-state index contributed by atoms with van der Waals surface area (Å²) in [6, 6.07) is 13.3. The van der Waals surface area contributed by atoms with Crippen LogP contribution in [0.25, 0.3) is 10.9 Å². The van der Waals surface area contributed by atoms with Crippen molar-refractivity contribution < 1.29 is 14.0 Å². The molecule has 4 rings (SSSR count). The topological polar surface area (TPSA) is 81.1 Å². The molecule has 0 aliphatic carbocycles. The zero-order chi connectivity index (χ0) is 22.0. The number of halogens is 2.